The van der Waals surface area contributed by atoms with Gasteiger partial charge in [-0.05, 0) is 18.2 Å². The smallest absolute Gasteiger partial charge is 0.294 e. The molecular weight excluding hydrogens is 342 g/mol. The molecule has 0 saturated heterocycles. The molecular formula is C16H11N5O5. The van der Waals surface area contributed by atoms with E-state index in [9.17, 15) is 25.0 Å². The van der Waals surface area contributed by atoms with Crippen molar-refractivity contribution in [1.29, 1.82) is 0 Å². The molecule has 0 bridgehead atoms. The van der Waals surface area contributed by atoms with Crippen LogP contribution in [-0.2, 0) is 0 Å². The van der Waals surface area contributed by atoms with Gasteiger partial charge in [-0.1, -0.05) is 6.07 Å². The number of nitrogens with zero attached hydrogens (tertiary/aromatic N) is 4. The van der Waals surface area contributed by atoms with Gasteiger partial charge in [0.15, 0.2) is 0 Å². The maximum absolute atomic E-state index is 12.3. The quantitative estimate of drug-likeness (QED) is 0.554. The number of carbonyl (C=O) groups excluding carboxylic acids is 1. The third kappa shape index (κ3) is 3.38. The fourth-order valence-electron chi connectivity index (χ4n) is 2.33. The molecule has 0 atom stereocenters. The number of nitro benzene ring substituents is 2. The van der Waals surface area contributed by atoms with Gasteiger partial charge in [-0.3, -0.25) is 25.0 Å². The summed E-state index contributed by atoms with van der Waals surface area (Å²) in [5.74, 6) is -0.620. The number of carbonyl (C=O) groups is 1. The van der Waals surface area contributed by atoms with Gasteiger partial charge >= 0.3 is 0 Å². The fourth-order valence-corrected chi connectivity index (χ4v) is 2.33. The molecule has 0 saturated carbocycles. The monoisotopic (exact) mass is 353 g/mol. The van der Waals surface area contributed by atoms with Crippen LogP contribution >= 0.6 is 0 Å². The Kier molecular flexibility index (Phi) is 4.39. The Morgan fingerprint density at radius 3 is 2.54 bits per heavy atom. The minimum absolute atomic E-state index is 0.0482. The van der Waals surface area contributed by atoms with E-state index < -0.39 is 15.8 Å². The molecule has 130 valence electrons. The Labute approximate surface area is 146 Å². The average molecular weight is 353 g/mol. The molecule has 0 fully saturated rings. The highest BCUT2D eigenvalue weighted by Crippen LogP contribution is 2.25. The Bertz CT molecular complexity index is 1000. The minimum Gasteiger partial charge on any atom is -0.322 e. The number of imidazole rings is 1. The molecule has 0 radical (unpaired) electrons. The molecule has 1 amide bonds. The number of amides is 1. The molecule has 26 heavy (non-hydrogen) atoms. The molecule has 10 nitrogen and oxygen atoms in total. The van der Waals surface area contributed by atoms with Crippen LogP contribution in [0, 0.1) is 20.2 Å². The Hall–Kier alpha value is -4.08. The number of rotatable bonds is 5. The first-order valence-corrected chi connectivity index (χ1v) is 7.28. The predicted molar refractivity (Wildman–Crippen MR) is 91.3 cm³/mol. The van der Waals surface area contributed by atoms with Crippen molar-refractivity contribution < 1.29 is 14.6 Å². The van der Waals surface area contributed by atoms with Gasteiger partial charge < -0.3 is 9.88 Å². The van der Waals surface area contributed by atoms with Gasteiger partial charge in [-0.15, -0.1) is 0 Å². The van der Waals surface area contributed by atoms with E-state index in [2.05, 4.69) is 10.3 Å². The molecule has 3 rings (SSSR count). The number of hydrogen-bond donors (Lipinski definition) is 1. The number of non-ortho nitro benzene ring substituents is 1. The number of nitro groups is 2. The molecule has 1 heterocycles. The molecule has 1 aromatic heterocycles. The van der Waals surface area contributed by atoms with E-state index >= 15 is 0 Å². The summed E-state index contributed by atoms with van der Waals surface area (Å²) >= 11 is 0. The Balaban J connectivity index is 1.90. The highest BCUT2D eigenvalue weighted by atomic mass is 16.6. The van der Waals surface area contributed by atoms with Crippen LogP contribution in [0.3, 0.4) is 0 Å². The van der Waals surface area contributed by atoms with Crippen molar-refractivity contribution in [2.45, 2.75) is 0 Å². The van der Waals surface area contributed by atoms with Crippen molar-refractivity contribution in [2.24, 2.45) is 0 Å². The highest BCUT2D eigenvalue weighted by Gasteiger charge is 2.19. The summed E-state index contributed by atoms with van der Waals surface area (Å²) in [4.78, 5) is 37.1. The van der Waals surface area contributed by atoms with Crippen LogP contribution in [0.5, 0.6) is 0 Å². The molecule has 0 aliphatic heterocycles. The number of hydrogen-bond acceptors (Lipinski definition) is 6. The maximum atomic E-state index is 12.3. The lowest BCUT2D eigenvalue weighted by atomic mass is 10.1. The van der Waals surface area contributed by atoms with Crippen LogP contribution in [0.2, 0.25) is 0 Å². The molecule has 3 aromatic rings. The number of anilines is 1. The lowest BCUT2D eigenvalue weighted by molar-refractivity contribution is -0.384. The molecule has 0 aliphatic carbocycles. The lowest BCUT2D eigenvalue weighted by Crippen LogP contribution is -2.13. The zero-order chi connectivity index (χ0) is 18.7. The standard InChI is InChI=1S/C16H11N5O5/c22-16(18-12-2-1-3-13(9-12)20(23)24)11-4-5-14(15(8-11)21(25)26)19-7-6-17-10-19/h1-10H,(H,18,22). The number of aromatic nitrogens is 2. The van der Waals surface area contributed by atoms with E-state index in [0.717, 1.165) is 6.07 Å². The lowest BCUT2D eigenvalue weighted by Gasteiger charge is -2.08. The summed E-state index contributed by atoms with van der Waals surface area (Å²) in [5.41, 5.74) is 0.0796. The van der Waals surface area contributed by atoms with Crippen LogP contribution in [0.4, 0.5) is 17.1 Å². The van der Waals surface area contributed by atoms with E-state index in [0.29, 0.717) is 0 Å². The average Bonchev–Trinajstić information content (AvgIpc) is 3.15. The molecule has 2 aromatic carbocycles. The van der Waals surface area contributed by atoms with Gasteiger partial charge in [0.25, 0.3) is 17.3 Å². The van der Waals surface area contributed by atoms with Crippen molar-refractivity contribution in [3.8, 4) is 5.69 Å². The van der Waals surface area contributed by atoms with Crippen molar-refractivity contribution >= 4 is 23.0 Å². The first-order chi connectivity index (χ1) is 12.5. The highest BCUT2D eigenvalue weighted by molar-refractivity contribution is 6.05. The SMILES string of the molecule is O=C(Nc1cccc([N+](=O)[O-])c1)c1ccc(-n2ccnc2)c([N+](=O)[O-])c1. The third-order valence-corrected chi connectivity index (χ3v) is 3.53. The van der Waals surface area contributed by atoms with Gasteiger partial charge in [0.05, 0.1) is 16.2 Å². The zero-order valence-corrected chi connectivity index (χ0v) is 13.1. The van der Waals surface area contributed by atoms with Crippen molar-refractivity contribution in [1.82, 2.24) is 9.55 Å². The molecule has 1 N–H and O–H groups in total. The topological polar surface area (TPSA) is 133 Å². The second kappa shape index (κ2) is 6.81. The largest absolute Gasteiger partial charge is 0.322 e. The normalized spacial score (nSPS) is 10.3. The van der Waals surface area contributed by atoms with Crippen LogP contribution in [-0.4, -0.2) is 25.3 Å². The van der Waals surface area contributed by atoms with Crippen LogP contribution < -0.4 is 5.32 Å². The molecule has 10 heteroatoms. The van der Waals surface area contributed by atoms with E-state index in [4.69, 9.17) is 0 Å². The summed E-state index contributed by atoms with van der Waals surface area (Å²) in [6.07, 6.45) is 4.43. The second-order valence-electron chi connectivity index (χ2n) is 5.19. The fraction of sp³-hybridized carbons (Fsp3) is 0. The van der Waals surface area contributed by atoms with E-state index in [-0.39, 0.29) is 28.3 Å². The first kappa shape index (κ1) is 16.8. The third-order valence-electron chi connectivity index (χ3n) is 3.53. The predicted octanol–water partition coefficient (Wildman–Crippen LogP) is 2.94. The molecule has 0 aliphatic rings. The van der Waals surface area contributed by atoms with Crippen molar-refractivity contribution in [3.63, 3.8) is 0 Å². The minimum atomic E-state index is -0.620. The molecule has 0 unspecified atom stereocenters. The zero-order valence-electron chi connectivity index (χ0n) is 13.1. The first-order valence-electron chi connectivity index (χ1n) is 7.28. The summed E-state index contributed by atoms with van der Waals surface area (Å²) in [6.45, 7) is 0. The number of nitrogens with one attached hydrogen (secondary N) is 1. The van der Waals surface area contributed by atoms with Gasteiger partial charge in [-0.25, -0.2) is 4.98 Å². The maximum Gasteiger partial charge on any atom is 0.294 e. The Morgan fingerprint density at radius 1 is 1.08 bits per heavy atom. The van der Waals surface area contributed by atoms with Crippen molar-refractivity contribution in [3.05, 3.63) is 87.0 Å². The summed E-state index contributed by atoms with van der Waals surface area (Å²) < 4.78 is 1.46. The van der Waals surface area contributed by atoms with E-state index in [1.807, 2.05) is 0 Å². The van der Waals surface area contributed by atoms with Crippen LogP contribution in [0.1, 0.15) is 10.4 Å². The van der Waals surface area contributed by atoms with E-state index in [1.54, 1.807) is 6.20 Å². The van der Waals surface area contributed by atoms with E-state index in [1.165, 1.54) is 53.5 Å². The van der Waals surface area contributed by atoms with Gasteiger partial charge in [0.2, 0.25) is 0 Å². The summed E-state index contributed by atoms with van der Waals surface area (Å²) in [7, 11) is 0. The second-order valence-corrected chi connectivity index (χ2v) is 5.19. The van der Waals surface area contributed by atoms with Gasteiger partial charge in [0, 0.05) is 41.8 Å². The van der Waals surface area contributed by atoms with Crippen molar-refractivity contribution in [2.75, 3.05) is 5.32 Å². The van der Waals surface area contributed by atoms with Gasteiger partial charge in [0.1, 0.15) is 5.69 Å². The molecule has 0 spiro atoms. The Morgan fingerprint density at radius 2 is 1.88 bits per heavy atom. The summed E-state index contributed by atoms with van der Waals surface area (Å²) in [6, 6.07) is 9.41. The van der Waals surface area contributed by atoms with Crippen LogP contribution in [0.25, 0.3) is 5.69 Å². The number of benzene rings is 2. The van der Waals surface area contributed by atoms with Gasteiger partial charge in [-0.2, -0.15) is 0 Å². The van der Waals surface area contributed by atoms with Crippen LogP contribution in [0.15, 0.2) is 61.2 Å². The summed E-state index contributed by atoms with van der Waals surface area (Å²) in [5, 5.41) is 24.6.